The molecule has 0 aliphatic carbocycles. The van der Waals surface area contributed by atoms with Crippen molar-refractivity contribution in [2.45, 2.75) is 39.2 Å². The van der Waals surface area contributed by atoms with Crippen LogP contribution in [0.1, 0.15) is 33.6 Å². The average molecular weight is 256 g/mol. The van der Waals surface area contributed by atoms with Gasteiger partial charge in [0.1, 0.15) is 5.60 Å². The molecule has 0 aromatic carbocycles. The molecule has 0 aromatic rings. The Hall–Kier alpha value is -1.59. The highest BCUT2D eigenvalue weighted by Gasteiger charge is 2.22. The third-order valence-corrected chi connectivity index (χ3v) is 2.35. The van der Waals surface area contributed by atoms with Crippen molar-refractivity contribution in [3.8, 4) is 0 Å². The first-order chi connectivity index (χ1) is 8.28. The Bertz CT molecular complexity index is 346. The molecule has 0 saturated carbocycles. The predicted octanol–water partition coefficient (Wildman–Crippen LogP) is 0.0667. The summed E-state index contributed by atoms with van der Waals surface area (Å²) < 4.78 is 5.11. The number of rotatable bonds is 3. The van der Waals surface area contributed by atoms with Crippen LogP contribution in [0.2, 0.25) is 0 Å². The van der Waals surface area contributed by atoms with Gasteiger partial charge in [-0.3, -0.25) is 14.4 Å². The zero-order chi connectivity index (χ0) is 13.8. The summed E-state index contributed by atoms with van der Waals surface area (Å²) >= 11 is 0. The van der Waals surface area contributed by atoms with E-state index >= 15 is 0 Å². The van der Waals surface area contributed by atoms with Crippen LogP contribution in [0.5, 0.6) is 0 Å². The van der Waals surface area contributed by atoms with Gasteiger partial charge in [-0.1, -0.05) is 0 Å². The van der Waals surface area contributed by atoms with Crippen molar-refractivity contribution in [1.82, 2.24) is 10.2 Å². The fourth-order valence-electron chi connectivity index (χ4n) is 1.61. The minimum atomic E-state index is -0.537. The van der Waals surface area contributed by atoms with E-state index in [1.54, 1.807) is 20.8 Å². The van der Waals surface area contributed by atoms with Crippen molar-refractivity contribution in [3.63, 3.8) is 0 Å². The summed E-state index contributed by atoms with van der Waals surface area (Å²) in [5.74, 6) is -0.736. The average Bonchev–Trinajstić information content (AvgIpc) is 2.23. The Morgan fingerprint density at radius 2 is 2.00 bits per heavy atom. The molecule has 0 bridgehead atoms. The number of esters is 1. The van der Waals surface area contributed by atoms with Gasteiger partial charge < -0.3 is 15.0 Å². The molecule has 1 fully saturated rings. The number of amides is 2. The van der Waals surface area contributed by atoms with Crippen LogP contribution in [0.4, 0.5) is 0 Å². The summed E-state index contributed by atoms with van der Waals surface area (Å²) in [7, 11) is 0. The lowest BCUT2D eigenvalue weighted by Crippen LogP contribution is -2.50. The number of ether oxygens (including phenoxy) is 1. The molecule has 1 aliphatic heterocycles. The molecule has 0 unspecified atom stereocenters. The van der Waals surface area contributed by atoms with Crippen LogP contribution in [-0.2, 0) is 19.1 Å². The standard InChI is InChI=1S/C12H20N2O4/c1-12(2,3)18-11(17)5-4-10(16)14-7-6-13-9(15)8-14/h4-8H2,1-3H3,(H,13,15). The molecule has 18 heavy (non-hydrogen) atoms. The molecule has 0 aromatic heterocycles. The molecule has 102 valence electrons. The van der Waals surface area contributed by atoms with Gasteiger partial charge in [0.15, 0.2) is 0 Å². The van der Waals surface area contributed by atoms with E-state index in [1.165, 1.54) is 4.90 Å². The summed E-state index contributed by atoms with van der Waals surface area (Å²) in [5, 5.41) is 2.64. The zero-order valence-electron chi connectivity index (χ0n) is 11.1. The highest BCUT2D eigenvalue weighted by Crippen LogP contribution is 2.10. The van der Waals surface area contributed by atoms with Gasteiger partial charge in [0, 0.05) is 19.5 Å². The normalized spacial score (nSPS) is 16.2. The smallest absolute Gasteiger partial charge is 0.306 e. The van der Waals surface area contributed by atoms with E-state index in [1.807, 2.05) is 0 Å². The Labute approximate surface area is 107 Å². The minimum Gasteiger partial charge on any atom is -0.460 e. The first-order valence-corrected chi connectivity index (χ1v) is 6.04. The van der Waals surface area contributed by atoms with Gasteiger partial charge in [0.05, 0.1) is 13.0 Å². The highest BCUT2D eigenvalue weighted by atomic mass is 16.6. The van der Waals surface area contributed by atoms with Crippen LogP contribution >= 0.6 is 0 Å². The summed E-state index contributed by atoms with van der Waals surface area (Å²) in [4.78, 5) is 35.8. The Morgan fingerprint density at radius 1 is 1.33 bits per heavy atom. The maximum atomic E-state index is 11.8. The topological polar surface area (TPSA) is 75.7 Å². The Morgan fingerprint density at radius 3 is 2.56 bits per heavy atom. The van der Waals surface area contributed by atoms with Crippen molar-refractivity contribution < 1.29 is 19.1 Å². The second kappa shape index (κ2) is 5.84. The summed E-state index contributed by atoms with van der Waals surface area (Å²) in [6.07, 6.45) is 0.135. The quantitative estimate of drug-likeness (QED) is 0.725. The number of nitrogens with zero attached hydrogens (tertiary/aromatic N) is 1. The van der Waals surface area contributed by atoms with Crippen molar-refractivity contribution in [2.75, 3.05) is 19.6 Å². The number of nitrogens with one attached hydrogen (secondary N) is 1. The summed E-state index contributed by atoms with van der Waals surface area (Å²) in [5.41, 5.74) is -0.537. The highest BCUT2D eigenvalue weighted by molar-refractivity contribution is 5.87. The molecule has 1 saturated heterocycles. The van der Waals surface area contributed by atoms with Gasteiger partial charge in [-0.05, 0) is 20.8 Å². The predicted molar refractivity (Wildman–Crippen MR) is 64.7 cm³/mol. The maximum absolute atomic E-state index is 11.8. The number of hydrogen-bond acceptors (Lipinski definition) is 4. The van der Waals surface area contributed by atoms with E-state index in [9.17, 15) is 14.4 Å². The van der Waals surface area contributed by atoms with Crippen molar-refractivity contribution in [1.29, 1.82) is 0 Å². The molecular formula is C12H20N2O4. The second-order valence-corrected chi connectivity index (χ2v) is 5.25. The van der Waals surface area contributed by atoms with E-state index in [0.717, 1.165) is 0 Å². The van der Waals surface area contributed by atoms with Crippen LogP contribution in [0, 0.1) is 0 Å². The van der Waals surface area contributed by atoms with E-state index in [-0.39, 0.29) is 31.2 Å². The molecule has 1 N–H and O–H groups in total. The summed E-state index contributed by atoms with van der Waals surface area (Å²) in [6, 6.07) is 0. The molecule has 2 amide bonds. The van der Waals surface area contributed by atoms with Crippen molar-refractivity contribution >= 4 is 17.8 Å². The van der Waals surface area contributed by atoms with Crippen LogP contribution in [-0.4, -0.2) is 47.9 Å². The molecule has 0 atom stereocenters. The van der Waals surface area contributed by atoms with E-state index in [2.05, 4.69) is 5.32 Å². The number of carbonyl (C=O) groups excluding carboxylic acids is 3. The SMILES string of the molecule is CC(C)(C)OC(=O)CCC(=O)N1CCNC(=O)C1. The van der Waals surface area contributed by atoms with Gasteiger partial charge >= 0.3 is 5.97 Å². The van der Waals surface area contributed by atoms with Crippen molar-refractivity contribution in [3.05, 3.63) is 0 Å². The molecule has 1 rings (SSSR count). The lowest BCUT2D eigenvalue weighted by Gasteiger charge is -2.26. The lowest BCUT2D eigenvalue weighted by atomic mass is 10.2. The minimum absolute atomic E-state index is 0.0498. The molecular weight excluding hydrogens is 236 g/mol. The monoisotopic (exact) mass is 256 g/mol. The number of piperazine rings is 1. The van der Waals surface area contributed by atoms with Gasteiger partial charge in [-0.2, -0.15) is 0 Å². The molecule has 0 spiro atoms. The van der Waals surface area contributed by atoms with Gasteiger partial charge in [0.2, 0.25) is 11.8 Å². The first-order valence-electron chi connectivity index (χ1n) is 6.04. The van der Waals surface area contributed by atoms with Crippen LogP contribution < -0.4 is 5.32 Å². The van der Waals surface area contributed by atoms with Gasteiger partial charge in [0.25, 0.3) is 0 Å². The zero-order valence-corrected chi connectivity index (χ0v) is 11.1. The molecule has 1 heterocycles. The van der Waals surface area contributed by atoms with E-state index in [0.29, 0.717) is 13.1 Å². The lowest BCUT2D eigenvalue weighted by molar-refractivity contribution is -0.156. The van der Waals surface area contributed by atoms with Crippen LogP contribution in [0.15, 0.2) is 0 Å². The third-order valence-electron chi connectivity index (χ3n) is 2.35. The molecule has 1 aliphatic rings. The van der Waals surface area contributed by atoms with Gasteiger partial charge in [-0.15, -0.1) is 0 Å². The van der Waals surface area contributed by atoms with Crippen LogP contribution in [0.25, 0.3) is 0 Å². The second-order valence-electron chi connectivity index (χ2n) is 5.25. The Kier molecular flexibility index (Phi) is 4.69. The molecule has 6 nitrogen and oxygen atoms in total. The fourth-order valence-corrected chi connectivity index (χ4v) is 1.61. The maximum Gasteiger partial charge on any atom is 0.306 e. The van der Waals surface area contributed by atoms with Crippen molar-refractivity contribution in [2.24, 2.45) is 0 Å². The Balaban J connectivity index is 2.32. The van der Waals surface area contributed by atoms with E-state index in [4.69, 9.17) is 4.74 Å². The van der Waals surface area contributed by atoms with Crippen LogP contribution in [0.3, 0.4) is 0 Å². The third kappa shape index (κ3) is 5.16. The van der Waals surface area contributed by atoms with Gasteiger partial charge in [-0.25, -0.2) is 0 Å². The molecule has 6 heteroatoms. The first kappa shape index (κ1) is 14.5. The molecule has 0 radical (unpaired) electrons. The van der Waals surface area contributed by atoms with E-state index < -0.39 is 11.6 Å². The summed E-state index contributed by atoms with van der Waals surface area (Å²) in [6.45, 7) is 6.38. The fraction of sp³-hybridized carbons (Fsp3) is 0.750. The number of hydrogen-bond donors (Lipinski definition) is 1. The number of carbonyl (C=O) groups is 3. The largest absolute Gasteiger partial charge is 0.460 e.